The third-order valence-corrected chi connectivity index (χ3v) is 6.43. The van der Waals surface area contributed by atoms with E-state index in [1.807, 2.05) is 18.4 Å². The van der Waals surface area contributed by atoms with Crippen molar-refractivity contribution in [1.29, 1.82) is 0 Å². The lowest BCUT2D eigenvalue weighted by Crippen LogP contribution is -2.34. The molecule has 0 spiro atoms. The number of pyridine rings is 1. The van der Waals surface area contributed by atoms with E-state index >= 15 is 0 Å². The molecule has 4 aliphatic rings. The Labute approximate surface area is 173 Å². The quantitative estimate of drug-likeness (QED) is 0.708. The van der Waals surface area contributed by atoms with Crippen molar-refractivity contribution in [3.8, 4) is 17.0 Å². The summed E-state index contributed by atoms with van der Waals surface area (Å²) in [6.45, 7) is 3.26. The first-order valence-electron chi connectivity index (χ1n) is 9.75. The number of halogens is 6. The van der Waals surface area contributed by atoms with Crippen molar-refractivity contribution in [2.24, 2.45) is 11.8 Å². The number of ether oxygens (including phenoxy) is 1. The van der Waals surface area contributed by atoms with Gasteiger partial charge >= 0.3 is 12.5 Å². The van der Waals surface area contributed by atoms with Crippen LogP contribution in [0.4, 0.5) is 32.2 Å². The number of nitrogen functional groups attached to an aromatic ring is 1. The second kappa shape index (κ2) is 6.05. The van der Waals surface area contributed by atoms with E-state index in [1.165, 1.54) is 11.1 Å². The predicted molar refractivity (Wildman–Crippen MR) is 97.0 cm³/mol. The molecule has 31 heavy (non-hydrogen) atoms. The van der Waals surface area contributed by atoms with Crippen LogP contribution in [0.15, 0.2) is 18.5 Å². The fourth-order valence-electron chi connectivity index (χ4n) is 5.29. The van der Waals surface area contributed by atoms with Crippen molar-refractivity contribution in [2.45, 2.75) is 43.9 Å². The van der Waals surface area contributed by atoms with Crippen LogP contribution < -0.4 is 10.5 Å². The van der Waals surface area contributed by atoms with Gasteiger partial charge in [-0.15, -0.1) is 13.2 Å². The molecule has 2 saturated heterocycles. The van der Waals surface area contributed by atoms with Crippen molar-refractivity contribution < 1.29 is 31.1 Å². The number of rotatable bonds is 5. The van der Waals surface area contributed by atoms with Gasteiger partial charge in [0.05, 0.1) is 17.8 Å². The third kappa shape index (κ3) is 3.06. The van der Waals surface area contributed by atoms with Crippen molar-refractivity contribution in [3.05, 3.63) is 24.3 Å². The van der Waals surface area contributed by atoms with E-state index in [4.69, 9.17) is 5.73 Å². The minimum absolute atomic E-state index is 0.0342. The minimum atomic E-state index is -4.92. The molecule has 168 valence electrons. The Bertz CT molecular complexity index is 1040. The molecule has 6 nitrogen and oxygen atoms in total. The number of hydrogen-bond acceptors (Lipinski definition) is 5. The Morgan fingerprint density at radius 2 is 1.97 bits per heavy atom. The molecular formula is C19H19F6N5O. The van der Waals surface area contributed by atoms with Crippen LogP contribution in [-0.2, 0) is 5.54 Å². The highest BCUT2D eigenvalue weighted by Crippen LogP contribution is 2.83. The number of aromatic nitrogens is 3. The van der Waals surface area contributed by atoms with E-state index in [1.54, 1.807) is 6.20 Å². The summed E-state index contributed by atoms with van der Waals surface area (Å²) in [7, 11) is 0. The highest BCUT2D eigenvalue weighted by Gasteiger charge is 2.94. The summed E-state index contributed by atoms with van der Waals surface area (Å²) < 4.78 is 82.4. The van der Waals surface area contributed by atoms with Gasteiger partial charge in [-0.25, -0.2) is 9.97 Å². The lowest BCUT2D eigenvalue weighted by Gasteiger charge is -2.20. The fraction of sp³-hybridized carbons (Fsp3) is 0.579. The summed E-state index contributed by atoms with van der Waals surface area (Å²) in [5, 5.41) is 0. The molecule has 4 atom stereocenters. The molecule has 2 aliphatic carbocycles. The largest absolute Gasteiger partial charge is 0.573 e. The van der Waals surface area contributed by atoms with Gasteiger partial charge < -0.3 is 15.0 Å². The van der Waals surface area contributed by atoms with E-state index in [0.29, 0.717) is 18.1 Å². The van der Waals surface area contributed by atoms with Gasteiger partial charge in [-0.05, 0) is 6.07 Å². The molecule has 0 amide bonds. The van der Waals surface area contributed by atoms with E-state index in [2.05, 4.69) is 14.7 Å². The fourth-order valence-corrected chi connectivity index (χ4v) is 5.29. The SMILES string of the molecule is CC(C)c1nc(-c2cnc(N)c(OC(F)(F)F)c2)cn1[C@@]12C3[C@H]1[C@H]2CN3CC(F)(F)F. The van der Waals surface area contributed by atoms with Crippen LogP contribution in [0.2, 0.25) is 0 Å². The first kappa shape index (κ1) is 20.4. The summed E-state index contributed by atoms with van der Waals surface area (Å²) in [6, 6.07) is 0.930. The zero-order valence-corrected chi connectivity index (χ0v) is 16.5. The Morgan fingerprint density at radius 3 is 2.55 bits per heavy atom. The highest BCUT2D eigenvalue weighted by atomic mass is 19.4. The van der Waals surface area contributed by atoms with Crippen LogP contribution in [0.5, 0.6) is 5.75 Å². The number of piperidine rings is 1. The number of imidazole rings is 1. The molecule has 1 unspecified atom stereocenters. The van der Waals surface area contributed by atoms with E-state index < -0.39 is 36.2 Å². The Kier molecular flexibility index (Phi) is 3.98. The summed E-state index contributed by atoms with van der Waals surface area (Å²) >= 11 is 0. The number of hydrogen-bond donors (Lipinski definition) is 1. The smallest absolute Gasteiger partial charge is 0.402 e. The maximum absolute atomic E-state index is 12.9. The molecule has 0 radical (unpaired) electrons. The molecule has 6 rings (SSSR count). The number of nitrogens with two attached hydrogens (primary N) is 1. The van der Waals surface area contributed by atoms with E-state index in [9.17, 15) is 26.3 Å². The number of nitrogens with zero attached hydrogens (tertiary/aromatic N) is 4. The third-order valence-electron chi connectivity index (χ3n) is 6.43. The Morgan fingerprint density at radius 1 is 1.26 bits per heavy atom. The summed E-state index contributed by atoms with van der Waals surface area (Å²) in [5.41, 5.74) is 5.75. The van der Waals surface area contributed by atoms with Gasteiger partial charge in [0.1, 0.15) is 5.82 Å². The summed E-state index contributed by atoms with van der Waals surface area (Å²) in [4.78, 5) is 9.83. The molecule has 2 bridgehead atoms. The number of anilines is 1. The topological polar surface area (TPSA) is 69.2 Å². The zero-order valence-electron chi connectivity index (χ0n) is 16.5. The lowest BCUT2D eigenvalue weighted by atomic mass is 10.1. The molecule has 4 fully saturated rings. The van der Waals surface area contributed by atoms with Gasteiger partial charge in [0.25, 0.3) is 0 Å². The Hall–Kier alpha value is -2.50. The predicted octanol–water partition coefficient (Wildman–Crippen LogP) is 3.75. The van der Waals surface area contributed by atoms with E-state index in [0.717, 1.165) is 6.07 Å². The summed E-state index contributed by atoms with van der Waals surface area (Å²) in [6.07, 6.45) is -6.19. The lowest BCUT2D eigenvalue weighted by molar-refractivity contribution is -0.274. The standard InChI is InChI=1S/C19H19F6N5O/c1-8(2)16-28-11(9-3-12(15(26)27-4-9)31-19(23,24)25)6-30(16)18-10-5-29(7-17(20,21)22)14(18)13(10)18/h3-4,6,8,10,13-14H,5,7H2,1-2H3,(H2,26,27)/t10-,13-,14?,18-/m1/s1. The highest BCUT2D eigenvalue weighted by molar-refractivity contribution is 5.64. The average Bonchev–Trinajstić information content (AvgIpc) is 3.19. The second-order valence-electron chi connectivity index (χ2n) is 8.67. The van der Waals surface area contributed by atoms with Gasteiger partial charge in [0, 0.05) is 48.3 Å². The van der Waals surface area contributed by atoms with Crippen LogP contribution in [0.25, 0.3) is 11.3 Å². The average molecular weight is 447 g/mol. The molecule has 4 heterocycles. The first-order chi connectivity index (χ1) is 14.3. The normalized spacial score (nSPS) is 29.4. The maximum Gasteiger partial charge on any atom is 0.573 e. The van der Waals surface area contributed by atoms with Gasteiger partial charge in [0.2, 0.25) is 0 Å². The molecule has 12 heteroatoms. The van der Waals surface area contributed by atoms with Crippen molar-refractivity contribution in [1.82, 2.24) is 19.4 Å². The number of alkyl halides is 6. The molecule has 0 aromatic carbocycles. The van der Waals surface area contributed by atoms with Crippen LogP contribution in [0.3, 0.4) is 0 Å². The van der Waals surface area contributed by atoms with Gasteiger partial charge in [-0.1, -0.05) is 13.8 Å². The number of fused-ring (bicyclic) bond motifs is 1. The van der Waals surface area contributed by atoms with Gasteiger partial charge in [-0.3, -0.25) is 4.90 Å². The van der Waals surface area contributed by atoms with Crippen LogP contribution >= 0.6 is 0 Å². The van der Waals surface area contributed by atoms with Gasteiger partial charge in [-0.2, -0.15) is 13.2 Å². The van der Waals surface area contributed by atoms with Crippen LogP contribution in [-0.4, -0.2) is 51.1 Å². The minimum Gasteiger partial charge on any atom is -0.402 e. The van der Waals surface area contributed by atoms with E-state index in [-0.39, 0.29) is 29.4 Å². The zero-order chi connectivity index (χ0) is 22.5. The van der Waals surface area contributed by atoms with Crippen LogP contribution in [0.1, 0.15) is 25.6 Å². The maximum atomic E-state index is 12.9. The van der Waals surface area contributed by atoms with Crippen molar-refractivity contribution in [2.75, 3.05) is 18.8 Å². The molecule has 2 aromatic rings. The van der Waals surface area contributed by atoms with Gasteiger partial charge in [0.15, 0.2) is 11.6 Å². The first-order valence-corrected chi connectivity index (χ1v) is 9.75. The Balaban J connectivity index is 1.48. The second-order valence-corrected chi connectivity index (χ2v) is 8.67. The molecule has 2 aliphatic heterocycles. The molecule has 2 aromatic heterocycles. The van der Waals surface area contributed by atoms with Crippen LogP contribution in [0, 0.1) is 11.8 Å². The molecule has 2 saturated carbocycles. The molecule has 2 N–H and O–H groups in total. The van der Waals surface area contributed by atoms with Crippen molar-refractivity contribution in [3.63, 3.8) is 0 Å². The monoisotopic (exact) mass is 447 g/mol. The molecular weight excluding hydrogens is 428 g/mol. The van der Waals surface area contributed by atoms with Crippen molar-refractivity contribution >= 4 is 5.82 Å². The summed E-state index contributed by atoms with van der Waals surface area (Å²) in [5.74, 6) is -0.109.